The van der Waals surface area contributed by atoms with Crippen LogP contribution in [0.4, 0.5) is 0 Å². The standard InChI is InChI=1S/C17H20N2/c1-2-4-16-15(3-1)14(9-10-18-16)11-19-17(12-5-6-12)13-7-8-13/h1-4,9-10,12-13,17,19H,5-8,11H2. The van der Waals surface area contributed by atoms with Gasteiger partial charge in [-0.2, -0.15) is 0 Å². The molecular weight excluding hydrogens is 232 g/mol. The molecule has 0 atom stereocenters. The van der Waals surface area contributed by atoms with Gasteiger partial charge in [0, 0.05) is 24.2 Å². The first-order valence-corrected chi connectivity index (χ1v) is 7.48. The fourth-order valence-electron chi connectivity index (χ4n) is 3.17. The number of aromatic nitrogens is 1. The number of para-hydroxylation sites is 1. The zero-order valence-corrected chi connectivity index (χ0v) is 11.2. The maximum atomic E-state index is 4.44. The van der Waals surface area contributed by atoms with Crippen molar-refractivity contribution < 1.29 is 0 Å². The second-order valence-electron chi connectivity index (χ2n) is 6.07. The molecule has 98 valence electrons. The third-order valence-corrected chi connectivity index (χ3v) is 4.53. The van der Waals surface area contributed by atoms with E-state index in [0.717, 1.165) is 29.9 Å². The van der Waals surface area contributed by atoms with Gasteiger partial charge >= 0.3 is 0 Å². The Bertz CT molecular complexity index is 567. The van der Waals surface area contributed by atoms with Gasteiger partial charge in [0.2, 0.25) is 0 Å². The van der Waals surface area contributed by atoms with Gasteiger partial charge in [-0.1, -0.05) is 18.2 Å². The van der Waals surface area contributed by atoms with E-state index in [1.807, 2.05) is 6.20 Å². The fraction of sp³-hybridized carbons (Fsp3) is 0.471. The number of rotatable bonds is 5. The van der Waals surface area contributed by atoms with E-state index in [9.17, 15) is 0 Å². The van der Waals surface area contributed by atoms with Gasteiger partial charge in [0.25, 0.3) is 0 Å². The van der Waals surface area contributed by atoms with E-state index in [-0.39, 0.29) is 0 Å². The lowest BCUT2D eigenvalue weighted by atomic mass is 10.1. The van der Waals surface area contributed by atoms with Crippen LogP contribution in [0.1, 0.15) is 31.2 Å². The quantitative estimate of drug-likeness (QED) is 0.880. The van der Waals surface area contributed by atoms with Crippen molar-refractivity contribution in [1.29, 1.82) is 0 Å². The van der Waals surface area contributed by atoms with Gasteiger partial charge in [0.15, 0.2) is 0 Å². The molecule has 0 amide bonds. The normalized spacial score (nSPS) is 19.2. The van der Waals surface area contributed by atoms with Crippen molar-refractivity contribution in [2.45, 2.75) is 38.3 Å². The van der Waals surface area contributed by atoms with Crippen LogP contribution in [0.3, 0.4) is 0 Å². The summed E-state index contributed by atoms with van der Waals surface area (Å²) in [4.78, 5) is 4.44. The van der Waals surface area contributed by atoms with Crippen LogP contribution in [0.5, 0.6) is 0 Å². The summed E-state index contributed by atoms with van der Waals surface area (Å²) in [7, 11) is 0. The summed E-state index contributed by atoms with van der Waals surface area (Å²) in [6, 6.07) is 11.4. The van der Waals surface area contributed by atoms with Crippen molar-refractivity contribution in [1.82, 2.24) is 10.3 Å². The Balaban J connectivity index is 1.54. The highest BCUT2D eigenvalue weighted by Crippen LogP contribution is 2.44. The molecule has 0 saturated heterocycles. The lowest BCUT2D eigenvalue weighted by Crippen LogP contribution is -2.32. The average Bonchev–Trinajstić information content (AvgIpc) is 3.33. The molecule has 2 nitrogen and oxygen atoms in total. The Kier molecular flexibility index (Phi) is 2.77. The second-order valence-corrected chi connectivity index (χ2v) is 6.07. The smallest absolute Gasteiger partial charge is 0.0705 e. The van der Waals surface area contributed by atoms with Crippen LogP contribution in [-0.2, 0) is 6.54 Å². The largest absolute Gasteiger partial charge is 0.309 e. The number of nitrogens with one attached hydrogen (secondary N) is 1. The maximum Gasteiger partial charge on any atom is 0.0705 e. The van der Waals surface area contributed by atoms with Crippen LogP contribution in [0, 0.1) is 11.8 Å². The highest BCUT2D eigenvalue weighted by molar-refractivity contribution is 5.81. The minimum absolute atomic E-state index is 0.770. The number of pyridine rings is 1. The van der Waals surface area contributed by atoms with Gasteiger partial charge in [-0.15, -0.1) is 0 Å². The molecule has 2 aliphatic carbocycles. The number of nitrogens with zero attached hydrogens (tertiary/aromatic N) is 1. The summed E-state index contributed by atoms with van der Waals surface area (Å²) in [5, 5.41) is 5.12. The van der Waals surface area contributed by atoms with E-state index in [1.165, 1.54) is 36.6 Å². The molecule has 0 spiro atoms. The number of hydrogen-bond acceptors (Lipinski definition) is 2. The Labute approximate surface area is 114 Å². The third kappa shape index (κ3) is 2.37. The van der Waals surface area contributed by atoms with Gasteiger partial charge < -0.3 is 5.32 Å². The molecule has 0 bridgehead atoms. The molecule has 2 saturated carbocycles. The highest BCUT2D eigenvalue weighted by atomic mass is 14.9. The molecule has 0 unspecified atom stereocenters. The third-order valence-electron chi connectivity index (χ3n) is 4.53. The summed E-state index contributed by atoms with van der Waals surface area (Å²) < 4.78 is 0. The van der Waals surface area contributed by atoms with E-state index in [0.29, 0.717) is 0 Å². The van der Waals surface area contributed by atoms with Crippen LogP contribution < -0.4 is 5.32 Å². The molecule has 2 aromatic rings. The first-order chi connectivity index (χ1) is 9.42. The Hall–Kier alpha value is -1.41. The van der Waals surface area contributed by atoms with Crippen molar-refractivity contribution in [3.63, 3.8) is 0 Å². The summed E-state index contributed by atoms with van der Waals surface area (Å²) in [6.45, 7) is 0.987. The van der Waals surface area contributed by atoms with Crippen LogP contribution in [-0.4, -0.2) is 11.0 Å². The Morgan fingerprint density at radius 1 is 1.05 bits per heavy atom. The fourth-order valence-corrected chi connectivity index (χ4v) is 3.17. The average molecular weight is 252 g/mol. The zero-order valence-electron chi connectivity index (χ0n) is 11.2. The molecule has 1 aromatic heterocycles. The van der Waals surface area contributed by atoms with Gasteiger partial charge in [0.1, 0.15) is 0 Å². The van der Waals surface area contributed by atoms with Crippen molar-refractivity contribution in [3.8, 4) is 0 Å². The Morgan fingerprint density at radius 3 is 2.53 bits per heavy atom. The lowest BCUT2D eigenvalue weighted by molar-refractivity contribution is 0.416. The van der Waals surface area contributed by atoms with Gasteiger partial charge in [-0.25, -0.2) is 0 Å². The predicted octanol–water partition coefficient (Wildman–Crippen LogP) is 3.51. The van der Waals surface area contributed by atoms with Crippen molar-refractivity contribution in [3.05, 3.63) is 42.1 Å². The molecule has 4 rings (SSSR count). The van der Waals surface area contributed by atoms with Crippen molar-refractivity contribution >= 4 is 10.9 Å². The molecular formula is C17H20N2. The van der Waals surface area contributed by atoms with Crippen LogP contribution in [0.15, 0.2) is 36.5 Å². The monoisotopic (exact) mass is 252 g/mol. The summed E-state index contributed by atoms with van der Waals surface area (Å²) in [5.41, 5.74) is 2.49. The molecule has 1 heterocycles. The molecule has 2 aliphatic rings. The zero-order chi connectivity index (χ0) is 12.7. The molecule has 0 aliphatic heterocycles. The number of hydrogen-bond donors (Lipinski definition) is 1. The van der Waals surface area contributed by atoms with E-state index in [1.54, 1.807) is 0 Å². The second kappa shape index (κ2) is 4.61. The minimum Gasteiger partial charge on any atom is -0.309 e. The predicted molar refractivity (Wildman–Crippen MR) is 77.8 cm³/mol. The number of fused-ring (bicyclic) bond motifs is 1. The molecule has 2 heteroatoms. The van der Waals surface area contributed by atoms with Gasteiger partial charge in [-0.05, 0) is 55.2 Å². The molecule has 2 fully saturated rings. The van der Waals surface area contributed by atoms with Crippen molar-refractivity contribution in [2.75, 3.05) is 0 Å². The topological polar surface area (TPSA) is 24.9 Å². The van der Waals surface area contributed by atoms with Crippen LogP contribution in [0.25, 0.3) is 10.9 Å². The lowest BCUT2D eigenvalue weighted by Gasteiger charge is -2.18. The molecule has 1 N–H and O–H groups in total. The highest BCUT2D eigenvalue weighted by Gasteiger charge is 2.40. The molecule has 0 radical (unpaired) electrons. The van der Waals surface area contributed by atoms with E-state index in [2.05, 4.69) is 40.6 Å². The molecule has 1 aromatic carbocycles. The number of benzene rings is 1. The van der Waals surface area contributed by atoms with E-state index < -0.39 is 0 Å². The summed E-state index contributed by atoms with van der Waals surface area (Å²) >= 11 is 0. The van der Waals surface area contributed by atoms with E-state index in [4.69, 9.17) is 0 Å². The van der Waals surface area contributed by atoms with E-state index >= 15 is 0 Å². The Morgan fingerprint density at radius 2 is 1.79 bits per heavy atom. The van der Waals surface area contributed by atoms with Gasteiger partial charge in [0.05, 0.1) is 5.52 Å². The SMILES string of the molecule is c1ccc2c(CNC(C3CC3)C3CC3)ccnc2c1. The van der Waals surface area contributed by atoms with Crippen molar-refractivity contribution in [2.24, 2.45) is 11.8 Å². The van der Waals surface area contributed by atoms with Crippen LogP contribution >= 0.6 is 0 Å². The molecule has 19 heavy (non-hydrogen) atoms. The first-order valence-electron chi connectivity index (χ1n) is 7.48. The minimum atomic E-state index is 0.770. The van der Waals surface area contributed by atoms with Gasteiger partial charge in [-0.3, -0.25) is 4.98 Å². The van der Waals surface area contributed by atoms with Crippen LogP contribution in [0.2, 0.25) is 0 Å². The summed E-state index contributed by atoms with van der Waals surface area (Å²) in [5.74, 6) is 1.92. The summed E-state index contributed by atoms with van der Waals surface area (Å²) in [6.07, 6.45) is 7.68. The first kappa shape index (κ1) is 11.4. The maximum absolute atomic E-state index is 4.44.